The van der Waals surface area contributed by atoms with E-state index in [-0.39, 0.29) is 13.0 Å². The van der Waals surface area contributed by atoms with Crippen LogP contribution in [0, 0.1) is 5.41 Å². The Morgan fingerprint density at radius 3 is 2.43 bits per heavy atom. The van der Waals surface area contributed by atoms with Crippen LogP contribution in [0.1, 0.15) is 27.2 Å². The van der Waals surface area contributed by atoms with E-state index in [4.69, 9.17) is 0 Å². The first-order valence-electron chi connectivity index (χ1n) is 6.65. The number of likely N-dealkylation sites (tertiary alicyclic amines) is 1. The molecule has 0 saturated carbocycles. The van der Waals surface area contributed by atoms with E-state index in [0.29, 0.717) is 0 Å². The van der Waals surface area contributed by atoms with E-state index < -0.39 is 42.1 Å². The zero-order chi connectivity index (χ0) is 16.4. The molecule has 0 radical (unpaired) electrons. The number of esters is 1. The number of ether oxygens (including phenoxy) is 1. The van der Waals surface area contributed by atoms with Crippen LogP contribution in [-0.2, 0) is 14.3 Å². The Bertz CT molecular complexity index is 404. The summed E-state index contributed by atoms with van der Waals surface area (Å²) in [7, 11) is 1.23. The van der Waals surface area contributed by atoms with E-state index in [2.05, 4.69) is 10.1 Å². The van der Waals surface area contributed by atoms with E-state index in [1.54, 1.807) is 20.8 Å². The number of carbonyl (C=O) groups is 2. The summed E-state index contributed by atoms with van der Waals surface area (Å²) in [5.41, 5.74) is -0.523. The molecule has 2 atom stereocenters. The maximum atomic E-state index is 12.4. The molecule has 0 unspecified atom stereocenters. The molecule has 1 rings (SSSR count). The standard InChI is InChI=1S/C13H21F3N2O3/c1-12(2,3)9(11(20)21-4)17-8-5-6-18(10(8)19)7-13(14,15)16/h8-9,17H,5-7H2,1-4H3/t8-,9+/m0/s1. The van der Waals surface area contributed by atoms with Gasteiger partial charge in [0.15, 0.2) is 0 Å². The van der Waals surface area contributed by atoms with Crippen molar-refractivity contribution in [3.05, 3.63) is 0 Å². The Balaban J connectivity index is 2.74. The largest absolute Gasteiger partial charge is 0.468 e. The van der Waals surface area contributed by atoms with Crippen molar-refractivity contribution in [2.45, 2.75) is 45.5 Å². The van der Waals surface area contributed by atoms with E-state index in [1.807, 2.05) is 0 Å². The molecular formula is C13H21F3N2O3. The van der Waals surface area contributed by atoms with Crippen molar-refractivity contribution in [1.29, 1.82) is 0 Å². The number of methoxy groups -OCH3 is 1. The number of carbonyl (C=O) groups excluding carboxylic acids is 2. The zero-order valence-corrected chi connectivity index (χ0v) is 12.6. The molecule has 0 aliphatic carbocycles. The van der Waals surface area contributed by atoms with Gasteiger partial charge in [0, 0.05) is 6.54 Å². The van der Waals surface area contributed by atoms with Crippen molar-refractivity contribution >= 4 is 11.9 Å². The molecule has 5 nitrogen and oxygen atoms in total. The molecule has 21 heavy (non-hydrogen) atoms. The average Bonchev–Trinajstić information content (AvgIpc) is 2.63. The van der Waals surface area contributed by atoms with Gasteiger partial charge in [0.1, 0.15) is 12.6 Å². The number of rotatable bonds is 4. The van der Waals surface area contributed by atoms with Crippen molar-refractivity contribution in [2.75, 3.05) is 20.2 Å². The van der Waals surface area contributed by atoms with Crippen LogP contribution in [0.2, 0.25) is 0 Å². The van der Waals surface area contributed by atoms with Gasteiger partial charge in [-0.25, -0.2) is 0 Å². The third kappa shape index (κ3) is 4.87. The fraction of sp³-hybridized carbons (Fsp3) is 0.846. The Hall–Kier alpha value is -1.31. The Morgan fingerprint density at radius 2 is 2.00 bits per heavy atom. The van der Waals surface area contributed by atoms with Crippen molar-refractivity contribution in [2.24, 2.45) is 5.41 Å². The molecule has 1 aliphatic heterocycles. The molecule has 0 bridgehead atoms. The molecule has 1 amide bonds. The molecule has 1 N–H and O–H groups in total. The topological polar surface area (TPSA) is 58.6 Å². The summed E-state index contributed by atoms with van der Waals surface area (Å²) in [6.07, 6.45) is -4.19. The minimum atomic E-state index is -4.42. The van der Waals surface area contributed by atoms with Crippen molar-refractivity contribution in [3.63, 3.8) is 0 Å². The summed E-state index contributed by atoms with van der Waals surface area (Å²) in [4.78, 5) is 24.5. The lowest BCUT2D eigenvalue weighted by Crippen LogP contribution is -2.53. The molecule has 0 spiro atoms. The van der Waals surface area contributed by atoms with Gasteiger partial charge in [0.05, 0.1) is 13.2 Å². The maximum Gasteiger partial charge on any atom is 0.406 e. The number of nitrogens with zero attached hydrogens (tertiary/aromatic N) is 1. The van der Waals surface area contributed by atoms with Crippen molar-refractivity contribution in [1.82, 2.24) is 10.2 Å². The summed E-state index contributed by atoms with van der Waals surface area (Å²) >= 11 is 0. The highest BCUT2D eigenvalue weighted by atomic mass is 19.4. The number of nitrogens with one attached hydrogen (secondary N) is 1. The Morgan fingerprint density at radius 1 is 1.43 bits per heavy atom. The second-order valence-electron chi connectivity index (χ2n) is 6.21. The minimum Gasteiger partial charge on any atom is -0.468 e. The lowest BCUT2D eigenvalue weighted by atomic mass is 9.86. The first-order valence-corrected chi connectivity index (χ1v) is 6.65. The number of amides is 1. The molecule has 0 aromatic rings. The quantitative estimate of drug-likeness (QED) is 0.796. The summed E-state index contributed by atoms with van der Waals surface area (Å²) in [5, 5.41) is 2.84. The molecule has 0 aromatic heterocycles. The molecule has 0 aromatic carbocycles. The molecule has 122 valence electrons. The van der Waals surface area contributed by atoms with Gasteiger partial charge in [-0.15, -0.1) is 0 Å². The zero-order valence-electron chi connectivity index (χ0n) is 12.6. The van der Waals surface area contributed by atoms with E-state index >= 15 is 0 Å². The minimum absolute atomic E-state index is 0.0219. The highest BCUT2D eigenvalue weighted by Crippen LogP contribution is 2.24. The van der Waals surface area contributed by atoms with Crippen LogP contribution in [0.3, 0.4) is 0 Å². The maximum absolute atomic E-state index is 12.4. The number of halogens is 3. The van der Waals surface area contributed by atoms with Crippen LogP contribution < -0.4 is 5.32 Å². The van der Waals surface area contributed by atoms with E-state index in [0.717, 1.165) is 4.90 Å². The van der Waals surface area contributed by atoms with E-state index in [9.17, 15) is 22.8 Å². The predicted molar refractivity (Wildman–Crippen MR) is 69.4 cm³/mol. The fourth-order valence-electron chi connectivity index (χ4n) is 2.26. The molecule has 8 heteroatoms. The van der Waals surface area contributed by atoms with Crippen molar-refractivity contribution in [3.8, 4) is 0 Å². The SMILES string of the molecule is COC(=O)[C@@H](N[C@H]1CCN(CC(F)(F)F)C1=O)C(C)(C)C. The highest BCUT2D eigenvalue weighted by Gasteiger charge is 2.42. The monoisotopic (exact) mass is 310 g/mol. The Labute approximate surface area is 121 Å². The van der Waals surface area contributed by atoms with Crippen LogP contribution in [0.15, 0.2) is 0 Å². The van der Waals surface area contributed by atoms with Gasteiger partial charge in [0.25, 0.3) is 0 Å². The first-order chi connectivity index (χ1) is 9.45. The smallest absolute Gasteiger partial charge is 0.406 e. The van der Waals surface area contributed by atoms with Crippen molar-refractivity contribution < 1.29 is 27.5 Å². The van der Waals surface area contributed by atoms with Gasteiger partial charge in [-0.05, 0) is 11.8 Å². The van der Waals surface area contributed by atoms with Gasteiger partial charge >= 0.3 is 12.1 Å². The summed E-state index contributed by atoms with van der Waals surface area (Å²) in [6, 6.07) is -1.56. The third-order valence-electron chi connectivity index (χ3n) is 3.34. The van der Waals surface area contributed by atoms with Gasteiger partial charge in [-0.3, -0.25) is 14.9 Å². The fourth-order valence-corrected chi connectivity index (χ4v) is 2.26. The molecule has 1 aliphatic rings. The van der Waals surface area contributed by atoms with Crippen LogP contribution in [0.5, 0.6) is 0 Å². The normalized spacial score (nSPS) is 21.6. The van der Waals surface area contributed by atoms with Gasteiger partial charge in [-0.1, -0.05) is 20.8 Å². The summed E-state index contributed by atoms with van der Waals surface area (Å²) in [5.74, 6) is -1.17. The number of hydrogen-bond acceptors (Lipinski definition) is 4. The molecule has 1 heterocycles. The lowest BCUT2D eigenvalue weighted by Gasteiger charge is -2.31. The van der Waals surface area contributed by atoms with Crippen LogP contribution in [0.4, 0.5) is 13.2 Å². The van der Waals surface area contributed by atoms with E-state index in [1.165, 1.54) is 7.11 Å². The van der Waals surface area contributed by atoms with Crippen LogP contribution in [0.25, 0.3) is 0 Å². The lowest BCUT2D eigenvalue weighted by molar-refractivity contribution is -0.158. The number of hydrogen-bond donors (Lipinski definition) is 1. The van der Waals surface area contributed by atoms with Gasteiger partial charge in [0.2, 0.25) is 5.91 Å². The first kappa shape index (κ1) is 17.7. The predicted octanol–water partition coefficient (Wildman–Crippen LogP) is 1.33. The summed E-state index contributed by atoms with van der Waals surface area (Å²) in [6.45, 7) is 4.12. The Kier molecular flexibility index (Phi) is 5.25. The molecule has 1 saturated heterocycles. The van der Waals surface area contributed by atoms with Crippen LogP contribution >= 0.6 is 0 Å². The second-order valence-corrected chi connectivity index (χ2v) is 6.21. The summed E-state index contributed by atoms with van der Waals surface area (Å²) < 4.78 is 41.7. The molecular weight excluding hydrogens is 289 g/mol. The van der Waals surface area contributed by atoms with Gasteiger partial charge in [-0.2, -0.15) is 13.2 Å². The second kappa shape index (κ2) is 6.21. The van der Waals surface area contributed by atoms with Crippen LogP contribution in [-0.4, -0.2) is 55.2 Å². The third-order valence-corrected chi connectivity index (χ3v) is 3.34. The van der Waals surface area contributed by atoms with Gasteiger partial charge < -0.3 is 9.64 Å². The highest BCUT2D eigenvalue weighted by molar-refractivity contribution is 5.85. The average molecular weight is 310 g/mol. The molecule has 1 fully saturated rings. The number of alkyl halides is 3.